The average Bonchev–Trinajstić information content (AvgIpc) is 3.65. The number of carboxylic acid groups (broad SMARTS) is 1. The molecule has 0 saturated heterocycles. The fourth-order valence-electron chi connectivity index (χ4n) is 5.62. The molecule has 0 bridgehead atoms. The number of phenols is 1. The number of carboxylic acids is 1. The number of carbonyl (C=O) groups excluding carboxylic acids is 6. The highest BCUT2D eigenvalue weighted by atomic mass is 16.6. The molecule has 58 heavy (non-hydrogen) atoms. The minimum Gasteiger partial charge on any atom is -0.502 e. The van der Waals surface area contributed by atoms with Crippen LogP contribution in [0.5, 0.6) is 5.75 Å². The number of amides is 6. The fourth-order valence-corrected chi connectivity index (χ4v) is 5.62. The van der Waals surface area contributed by atoms with Crippen molar-refractivity contribution in [3.05, 3.63) is 81.9 Å². The van der Waals surface area contributed by atoms with Crippen LogP contribution in [0, 0.1) is 16.0 Å². The number of benzene rings is 2. The van der Waals surface area contributed by atoms with Crippen LogP contribution in [0.2, 0.25) is 0 Å². The molecule has 22 nitrogen and oxygen atoms in total. The molecule has 0 aliphatic rings. The number of nitro groups is 1. The summed E-state index contributed by atoms with van der Waals surface area (Å²) < 4.78 is 0. The molecule has 6 atom stereocenters. The van der Waals surface area contributed by atoms with Crippen molar-refractivity contribution in [2.24, 2.45) is 11.7 Å². The van der Waals surface area contributed by atoms with Crippen LogP contribution in [0.4, 0.5) is 11.4 Å². The molecule has 0 aliphatic carbocycles. The number of aliphatic carboxylic acids is 1. The number of aliphatic hydroxyl groups excluding tert-OH is 1. The van der Waals surface area contributed by atoms with Crippen molar-refractivity contribution in [2.75, 3.05) is 5.73 Å². The van der Waals surface area contributed by atoms with E-state index in [1.165, 1.54) is 36.8 Å². The van der Waals surface area contributed by atoms with E-state index in [9.17, 15) is 59.0 Å². The number of para-hydroxylation sites is 1. The number of aromatic amines is 1. The molecule has 6 amide bonds. The summed E-state index contributed by atoms with van der Waals surface area (Å²) in [4.78, 5) is 109. The number of nitrogens with zero attached hydrogens (tertiary/aromatic N) is 2. The maximum absolute atomic E-state index is 13.8. The number of hydrogen-bond donors (Lipinski definition) is 11. The van der Waals surface area contributed by atoms with E-state index in [2.05, 4.69) is 36.6 Å². The predicted molar refractivity (Wildman–Crippen MR) is 203 cm³/mol. The molecule has 0 aliphatic heterocycles. The number of aromatic hydroxyl groups is 1. The number of anilines is 1. The molecule has 0 saturated carbocycles. The average molecular weight is 811 g/mol. The number of carbonyl (C=O) groups is 7. The highest BCUT2D eigenvalue weighted by Gasteiger charge is 2.35. The van der Waals surface area contributed by atoms with E-state index in [1.807, 2.05) is 0 Å². The Kier molecular flexibility index (Phi) is 16.2. The number of phenolic OH excluding ortho intramolecular Hbond substituents is 1. The third kappa shape index (κ3) is 13.3. The minimum atomic E-state index is -1.75. The van der Waals surface area contributed by atoms with Crippen molar-refractivity contribution >= 4 is 52.8 Å². The van der Waals surface area contributed by atoms with E-state index in [0.717, 1.165) is 19.1 Å². The summed E-state index contributed by atoms with van der Waals surface area (Å²) in [6.07, 6.45) is -0.511. The van der Waals surface area contributed by atoms with Crippen molar-refractivity contribution in [1.82, 2.24) is 36.6 Å². The van der Waals surface area contributed by atoms with Gasteiger partial charge in [-0.05, 0) is 43.0 Å². The van der Waals surface area contributed by atoms with Crippen molar-refractivity contribution in [1.29, 1.82) is 0 Å². The summed E-state index contributed by atoms with van der Waals surface area (Å²) in [5, 5.41) is 53.1. The van der Waals surface area contributed by atoms with E-state index in [-0.39, 0.29) is 42.0 Å². The van der Waals surface area contributed by atoms with Gasteiger partial charge in [-0.2, -0.15) is 0 Å². The first kappa shape index (κ1) is 45.3. The Hall–Kier alpha value is -7.10. The molecule has 3 aromatic rings. The van der Waals surface area contributed by atoms with Gasteiger partial charge >= 0.3 is 11.7 Å². The zero-order valence-corrected chi connectivity index (χ0v) is 31.6. The molecule has 0 fully saturated rings. The predicted octanol–water partition coefficient (Wildman–Crippen LogP) is -1.48. The summed E-state index contributed by atoms with van der Waals surface area (Å²) in [7, 11) is 0. The molecule has 0 spiro atoms. The Labute approximate surface area is 330 Å². The molecule has 0 unspecified atom stereocenters. The number of hydrogen-bond acceptors (Lipinski definition) is 13. The maximum Gasteiger partial charge on any atom is 0.310 e. The van der Waals surface area contributed by atoms with Gasteiger partial charge in [0.1, 0.15) is 30.2 Å². The zero-order chi connectivity index (χ0) is 43.3. The van der Waals surface area contributed by atoms with Crippen LogP contribution >= 0.6 is 0 Å². The Morgan fingerprint density at radius 3 is 2.03 bits per heavy atom. The second-order valence-electron chi connectivity index (χ2n) is 13.7. The molecule has 1 aromatic heterocycles. The maximum atomic E-state index is 13.8. The van der Waals surface area contributed by atoms with Crippen LogP contribution in [-0.2, 0) is 41.6 Å². The lowest BCUT2D eigenvalue weighted by atomic mass is 10.00. The quantitative estimate of drug-likeness (QED) is 0.0332. The van der Waals surface area contributed by atoms with Crippen LogP contribution in [0.1, 0.15) is 55.2 Å². The molecular formula is C36H46N10O12. The van der Waals surface area contributed by atoms with E-state index in [1.54, 1.807) is 19.9 Å². The van der Waals surface area contributed by atoms with E-state index in [4.69, 9.17) is 11.5 Å². The van der Waals surface area contributed by atoms with Gasteiger partial charge < -0.3 is 58.4 Å². The summed E-state index contributed by atoms with van der Waals surface area (Å²) >= 11 is 0. The van der Waals surface area contributed by atoms with Gasteiger partial charge in [-0.1, -0.05) is 32.0 Å². The van der Waals surface area contributed by atoms with E-state index >= 15 is 0 Å². The largest absolute Gasteiger partial charge is 0.502 e. The number of rotatable bonds is 21. The topological polar surface area (TPSA) is 364 Å². The number of imidazole rings is 1. The second kappa shape index (κ2) is 20.7. The Morgan fingerprint density at radius 1 is 0.845 bits per heavy atom. The fraction of sp³-hybridized carbons (Fsp3) is 0.389. The van der Waals surface area contributed by atoms with Crippen molar-refractivity contribution in [3.8, 4) is 5.75 Å². The van der Waals surface area contributed by atoms with Crippen LogP contribution in [0.15, 0.2) is 55.0 Å². The van der Waals surface area contributed by atoms with Crippen LogP contribution in [0.3, 0.4) is 0 Å². The number of H-pyrrole nitrogens is 1. The Balaban J connectivity index is 1.82. The van der Waals surface area contributed by atoms with Crippen LogP contribution in [0.25, 0.3) is 0 Å². The first-order valence-corrected chi connectivity index (χ1v) is 17.8. The number of nitrogen functional groups attached to an aromatic ring is 1. The standard InChI is InChI=1S/C36H46N10O12/c1-17(2)10-24(33(53)41-23(31(38)51)11-19-8-9-28(48)27(12-19)46(57)58)44-36(56)30(18(3)47)45-35(55)25(13-20-15-39-16-40-20)43-34(54)26(14-29(49)50)42-32(52)21-6-4-5-7-22(21)37/h4-9,12,15-18,23-26,30,47-48H,10-11,13-14,37H2,1-3H3,(H2,38,51)(H,39,40)(H,41,53)(H,42,52)(H,43,54)(H,44,56)(H,45,55)(H,49,50)/t18-,23+,24+,25+,26+,30+/m1/s1. The number of nitrogens with two attached hydrogens (primary N) is 2. The molecule has 13 N–H and O–H groups in total. The molecule has 312 valence electrons. The highest BCUT2D eigenvalue weighted by molar-refractivity contribution is 6.03. The van der Waals surface area contributed by atoms with Gasteiger partial charge in [0.05, 0.1) is 29.3 Å². The summed E-state index contributed by atoms with van der Waals surface area (Å²) in [6.45, 7) is 4.61. The van der Waals surface area contributed by atoms with Crippen molar-refractivity contribution in [2.45, 2.75) is 82.8 Å². The van der Waals surface area contributed by atoms with Crippen LogP contribution < -0.4 is 38.1 Å². The molecule has 22 heteroatoms. The van der Waals surface area contributed by atoms with Gasteiger partial charge in [-0.15, -0.1) is 0 Å². The Morgan fingerprint density at radius 2 is 1.47 bits per heavy atom. The van der Waals surface area contributed by atoms with Crippen molar-refractivity contribution in [3.63, 3.8) is 0 Å². The zero-order valence-electron chi connectivity index (χ0n) is 31.6. The van der Waals surface area contributed by atoms with Gasteiger partial charge in [0.2, 0.25) is 29.5 Å². The first-order chi connectivity index (χ1) is 27.3. The van der Waals surface area contributed by atoms with Gasteiger partial charge in [0.25, 0.3) is 5.91 Å². The van der Waals surface area contributed by atoms with E-state index in [0.29, 0.717) is 5.69 Å². The molecule has 2 aromatic carbocycles. The first-order valence-electron chi connectivity index (χ1n) is 17.8. The van der Waals surface area contributed by atoms with Gasteiger partial charge in [0, 0.05) is 36.5 Å². The number of aromatic nitrogens is 2. The third-order valence-electron chi connectivity index (χ3n) is 8.56. The van der Waals surface area contributed by atoms with Gasteiger partial charge in [-0.25, -0.2) is 4.98 Å². The highest BCUT2D eigenvalue weighted by Crippen LogP contribution is 2.27. The van der Waals surface area contributed by atoms with Gasteiger partial charge in [0.15, 0.2) is 5.75 Å². The molecule has 0 radical (unpaired) electrons. The summed E-state index contributed by atoms with van der Waals surface area (Å²) in [6, 6.07) is 1.36. The SMILES string of the molecule is CC(C)C[C@H](NC(=O)[C@@H](NC(=O)[C@H](Cc1cnc[nH]1)NC(=O)[C@H](CC(=O)O)NC(=O)c1ccccc1N)[C@@H](C)O)C(=O)N[C@@H](Cc1ccc(O)c([N+](=O)[O-])c1)C(N)=O. The summed E-state index contributed by atoms with van der Waals surface area (Å²) in [5.41, 5.74) is 11.2. The molecule has 1 heterocycles. The Bertz CT molecular complexity index is 1990. The smallest absolute Gasteiger partial charge is 0.310 e. The van der Waals surface area contributed by atoms with Crippen LogP contribution in [-0.4, -0.2) is 108 Å². The second-order valence-corrected chi connectivity index (χ2v) is 13.7. The lowest BCUT2D eigenvalue weighted by Crippen LogP contribution is -2.61. The lowest BCUT2D eigenvalue weighted by Gasteiger charge is -2.28. The molecule has 3 rings (SSSR count). The molecular weight excluding hydrogens is 764 g/mol. The lowest BCUT2D eigenvalue weighted by molar-refractivity contribution is -0.385. The van der Waals surface area contributed by atoms with Crippen molar-refractivity contribution < 1.29 is 53.8 Å². The number of primary amides is 1. The normalized spacial score (nSPS) is 14.1. The minimum absolute atomic E-state index is 0.0158. The number of nitro benzene ring substituents is 1. The summed E-state index contributed by atoms with van der Waals surface area (Å²) in [5.74, 6) is -8.31. The third-order valence-corrected chi connectivity index (χ3v) is 8.56. The van der Waals surface area contributed by atoms with E-state index < -0.39 is 101 Å². The van der Waals surface area contributed by atoms with Gasteiger partial charge in [-0.3, -0.25) is 43.7 Å². The number of aliphatic hydroxyl groups is 1. The number of nitrogens with one attached hydrogen (secondary N) is 6. The monoisotopic (exact) mass is 810 g/mol.